The van der Waals surface area contributed by atoms with E-state index in [-0.39, 0.29) is 99.0 Å². The fourth-order valence-corrected chi connectivity index (χ4v) is 9.62. The van der Waals surface area contributed by atoms with Crippen LogP contribution in [0.4, 0.5) is 0 Å². The van der Waals surface area contributed by atoms with Crippen LogP contribution in [0.1, 0.15) is 147 Å². The Kier molecular flexibility index (Phi) is 85.1. The Morgan fingerprint density at radius 2 is 0.833 bits per heavy atom. The number of ketones is 1. The number of nitrogens with zero attached hydrogens (tertiary/aromatic N) is 8. The number of aliphatic hydroxyl groups excluding tert-OH is 1. The third kappa shape index (κ3) is 73.6. The number of halogens is 2. The van der Waals surface area contributed by atoms with Crippen molar-refractivity contribution in [2.24, 2.45) is 5.73 Å². The number of hydrogen-bond donors (Lipinski definition) is 3. The van der Waals surface area contributed by atoms with Crippen LogP contribution in [0, 0.1) is 23.7 Å². The average Bonchev–Trinajstić information content (AvgIpc) is 0.853. The molecule has 0 amide bonds. The molecule has 705 valence electrons. The second-order valence-electron chi connectivity index (χ2n) is 23.3. The van der Waals surface area contributed by atoms with E-state index in [0.29, 0.717) is 138 Å². The zero-order valence-corrected chi connectivity index (χ0v) is 84.3. The number of carbonyl (C=O) groups excluding carboxylic acids is 4. The van der Waals surface area contributed by atoms with Crippen LogP contribution in [0.15, 0.2) is 79.0 Å². The van der Waals surface area contributed by atoms with Gasteiger partial charge in [-0.05, 0) is 61.2 Å². The first-order valence-corrected chi connectivity index (χ1v) is 47.4. The van der Waals surface area contributed by atoms with Crippen molar-refractivity contribution >= 4 is 116 Å². The molecule has 6 heterocycles. The Morgan fingerprint density at radius 3 is 1.10 bits per heavy atom. The topological polar surface area (TPSA) is 565 Å². The van der Waals surface area contributed by atoms with Crippen LogP contribution < -0.4 is 111 Å². The van der Waals surface area contributed by atoms with E-state index in [0.717, 1.165) is 49.4 Å². The van der Waals surface area contributed by atoms with E-state index in [1.807, 2.05) is 40.7 Å². The van der Waals surface area contributed by atoms with E-state index in [2.05, 4.69) is 84.8 Å². The summed E-state index contributed by atoms with van der Waals surface area (Å²) in [6.45, 7) is 32.2. The number of nitrogens with two attached hydrogens (primary N) is 1. The smallest absolute Gasteiger partial charge is 1.00 e. The van der Waals surface area contributed by atoms with E-state index < -0.39 is 78.0 Å². The summed E-state index contributed by atoms with van der Waals surface area (Å²) in [7, 11) is -2.27. The molecule has 1 unspecified atom stereocenters. The molecular formula is C77H124BCl2LiN10NaO29S5. The van der Waals surface area contributed by atoms with Gasteiger partial charge in [0.05, 0.1) is 160 Å². The van der Waals surface area contributed by atoms with Gasteiger partial charge >= 0.3 is 60.4 Å². The Labute approximate surface area is 792 Å². The number of ether oxygens (including phenoxy) is 13. The fraction of sp³-hybridized carbons (Fsp3) is 0.494. The van der Waals surface area contributed by atoms with Gasteiger partial charge < -0.3 is 96.6 Å². The van der Waals surface area contributed by atoms with E-state index in [4.69, 9.17) is 73.2 Å². The maximum atomic E-state index is 11.7. The number of pyridine rings is 6. The SMILES string of the molecule is CC(=O)OC(C)=O.CCN(CC)CC.CCOc1cc(C#N)ncc1OC.CCOc1cc(C(=O)CS(C)(=O)=O)ncc1OC.CCOc1cc(C(N)=CS(C)(=O)=O)ncc1OC.CCOc1cc(C(O)CS(C)(=O)=O)ncc1OC.CCOc1cc(C=N)ncc1OC.CCOc1cc(C=O)ncc1OC.CS(=O)(=O)Cl.CS(C)(=O)=O.Cl.O.[B].[CH2-]CCC.[H-].[Li+].[Na+]. The number of aldehydes is 1. The molecule has 0 aliphatic heterocycles. The van der Waals surface area contributed by atoms with Gasteiger partial charge in [0.1, 0.15) is 54.7 Å². The van der Waals surface area contributed by atoms with Crippen molar-refractivity contribution < 1.29 is 183 Å². The summed E-state index contributed by atoms with van der Waals surface area (Å²) in [5, 5.41) is 26.3. The standard InChI is InChI=1S/C11H16N2O4S.C11H17NO5S.C11H15NO5S.C9H12N2O2.C9H10N2O2.C9H11NO3.C6H15N.C4H6O3.C4H9.C2H6O2S.CH3ClO2S.B.ClH.Li.Na.H2O.H/c1-4-17-10-5-9(13-6-11(10)16-2)8(12)7-18(3,14)15;2*1-4-17-10-5-8(12-6-11(10)16-2)9(13)7-18(3,14)15;2*1-3-13-8-4-7(5-10)11-6-9(8)12-2;1-3-13-8-4-7(6-11)10-5-9(8)12-2;1-4-7(5-2)6-3;1-3(5)7-4(2)6;1-3-4-2;2*1-5(2,3)4;;;;;;/h5-7H,4,12H2,1-3H3;5-6,9,13H,4,7H2,1-3H3;5-6H,4,7H2,1-3H3;4-6,10H,3H2,1-2H3;4,6H,3H2,1-2H3;4-6H,3H2,1-2H3;4-6H2,1-3H3;1-2H3;1,3-4H2,2H3;1-2H3;1H3;;1H;;;1H2;/q;;;;;;;;-1;;;;;2*+1;;-1. The number of carbonyl (C=O) groups is 4. The number of aliphatic hydroxyl groups is 1. The van der Waals surface area contributed by atoms with E-state index in [9.17, 15) is 66.4 Å². The second-order valence-corrected chi connectivity index (χ2v) is 34.9. The molecular weight excluding hydrogens is 1800 g/mol. The predicted octanol–water partition coefficient (Wildman–Crippen LogP) is 2.47. The molecule has 39 nitrogen and oxygen atoms in total. The summed E-state index contributed by atoms with van der Waals surface area (Å²) < 4.78 is 170. The number of Topliss-reactive ketones (excluding diaryl/α,β-unsaturated/α-hetero) is 1. The Hall–Kier alpha value is -8.45. The van der Waals surface area contributed by atoms with Gasteiger partial charge in [-0.2, -0.15) is 11.7 Å². The number of aromatic nitrogens is 6. The van der Waals surface area contributed by atoms with E-state index >= 15 is 0 Å². The van der Waals surface area contributed by atoms with Crippen molar-refractivity contribution in [3.63, 3.8) is 0 Å². The normalized spacial score (nSPS) is 10.2. The molecule has 0 aromatic carbocycles. The molecule has 0 spiro atoms. The number of sulfone groups is 4. The van der Waals surface area contributed by atoms with Crippen LogP contribution >= 0.6 is 23.1 Å². The van der Waals surface area contributed by atoms with Crippen LogP contribution in [0.2, 0.25) is 0 Å². The fourth-order valence-electron chi connectivity index (χ4n) is 7.67. The van der Waals surface area contributed by atoms with Crippen molar-refractivity contribution in [3.8, 4) is 75.1 Å². The average molecular weight is 1930 g/mol. The molecule has 3 radical (unpaired) electrons. The molecule has 6 rings (SSSR count). The number of unbranched alkanes of at least 4 members (excludes halogenated alkanes) is 1. The van der Waals surface area contributed by atoms with Crippen molar-refractivity contribution in [2.75, 3.05) is 151 Å². The zero-order valence-electron chi connectivity index (χ0n) is 77.7. The second kappa shape index (κ2) is 77.7. The number of nitriles is 1. The van der Waals surface area contributed by atoms with Gasteiger partial charge in [0.15, 0.2) is 101 Å². The maximum Gasteiger partial charge on any atom is 1.00 e. The number of nitrogens with one attached hydrogen (secondary N) is 1. The molecule has 126 heavy (non-hydrogen) atoms. The first-order chi connectivity index (χ1) is 56.4. The predicted molar refractivity (Wildman–Crippen MR) is 481 cm³/mol. The third-order valence-electron chi connectivity index (χ3n) is 12.7. The van der Waals surface area contributed by atoms with Crippen molar-refractivity contribution in [3.05, 3.63) is 120 Å². The number of rotatable bonds is 32. The van der Waals surface area contributed by atoms with E-state index in [1.54, 1.807) is 44.5 Å². The summed E-state index contributed by atoms with van der Waals surface area (Å²) in [5.41, 5.74) is 7.55. The molecule has 0 aliphatic carbocycles. The molecule has 0 aliphatic rings. The minimum atomic E-state index is -3.37. The molecule has 6 N–H and O–H groups in total. The minimum absolute atomic E-state index is 0. The summed E-state index contributed by atoms with van der Waals surface area (Å²) in [6, 6.07) is 11.1. The first-order valence-electron chi connectivity index (χ1n) is 36.3. The number of methoxy groups -OCH3 is 6. The molecule has 0 fully saturated rings. The Morgan fingerprint density at radius 1 is 0.540 bits per heavy atom. The maximum absolute atomic E-state index is 11.7. The molecule has 0 saturated heterocycles. The zero-order chi connectivity index (χ0) is 94.3. The molecule has 0 saturated carbocycles. The largest absolute Gasteiger partial charge is 1.00 e. The number of hydrogen-bond acceptors (Lipinski definition) is 38. The summed E-state index contributed by atoms with van der Waals surface area (Å²) in [5.74, 6) is 3.31. The molecule has 6 aromatic heterocycles. The number of esters is 2. The van der Waals surface area contributed by atoms with Crippen LogP contribution in [0.3, 0.4) is 0 Å². The monoisotopic (exact) mass is 1920 g/mol. The van der Waals surface area contributed by atoms with Crippen LogP contribution in [-0.2, 0) is 62.7 Å². The summed E-state index contributed by atoms with van der Waals surface area (Å²) >= 11 is 0. The van der Waals surface area contributed by atoms with Gasteiger partial charge in [0, 0.05) is 107 Å². The van der Waals surface area contributed by atoms with Crippen molar-refractivity contribution in [2.45, 2.75) is 102 Å². The summed E-state index contributed by atoms with van der Waals surface area (Å²) in [6.07, 6.45) is 18.0. The van der Waals surface area contributed by atoms with E-state index in [1.165, 1.54) is 125 Å². The third-order valence-corrected chi connectivity index (χ3v) is 15.0. The molecule has 49 heteroatoms. The molecule has 0 bridgehead atoms. The van der Waals surface area contributed by atoms with Crippen molar-refractivity contribution in [1.29, 1.82) is 10.7 Å². The quantitative estimate of drug-likeness (QED) is 0.00798. The van der Waals surface area contributed by atoms with Gasteiger partial charge in [0.25, 0.3) is 0 Å². The summed E-state index contributed by atoms with van der Waals surface area (Å²) in [4.78, 5) is 67.6. The molecule has 1 atom stereocenters. The van der Waals surface area contributed by atoms with Gasteiger partial charge in [0.2, 0.25) is 9.05 Å². The van der Waals surface area contributed by atoms with Crippen LogP contribution in [0.5, 0.6) is 69.0 Å². The van der Waals surface area contributed by atoms with Crippen molar-refractivity contribution in [1.82, 2.24) is 34.8 Å². The first kappa shape index (κ1) is 138. The van der Waals surface area contributed by atoms with Gasteiger partial charge in [-0.25, -0.2) is 57.0 Å². The van der Waals surface area contributed by atoms with Crippen LogP contribution in [-0.4, -0.2) is 277 Å². The van der Waals surface area contributed by atoms with Gasteiger partial charge in [-0.15, -0.1) is 12.4 Å². The van der Waals surface area contributed by atoms with Crippen LogP contribution in [0.25, 0.3) is 5.70 Å². The minimum Gasteiger partial charge on any atom is -1.00 e. The van der Waals surface area contributed by atoms with Gasteiger partial charge in [-0.3, -0.25) is 34.1 Å². The van der Waals surface area contributed by atoms with Gasteiger partial charge in [-0.1, -0.05) is 34.1 Å². The Bertz CT molecular complexity index is 4630. The molecule has 6 aromatic rings. The Balaban J connectivity index is -0.000000132.